The number of pyridine rings is 1. The molecule has 5 rings (SSSR count). The summed E-state index contributed by atoms with van der Waals surface area (Å²) < 4.78 is 47.1. The van der Waals surface area contributed by atoms with Gasteiger partial charge in [0.15, 0.2) is 5.69 Å². The van der Waals surface area contributed by atoms with E-state index in [-0.39, 0.29) is 17.2 Å². The van der Waals surface area contributed by atoms with E-state index in [2.05, 4.69) is 20.3 Å². The Morgan fingerprint density at radius 1 is 1.19 bits per heavy atom. The molecule has 31 heavy (non-hydrogen) atoms. The molecular weight excluding hydrogens is 433 g/mol. The number of fused-ring (bicyclic) bond motifs is 1. The van der Waals surface area contributed by atoms with Crippen LogP contribution in [-0.4, -0.2) is 36.6 Å². The van der Waals surface area contributed by atoms with Crippen molar-refractivity contribution in [2.24, 2.45) is 0 Å². The molecule has 7 nitrogen and oxygen atoms in total. The van der Waals surface area contributed by atoms with Crippen LogP contribution in [0.25, 0.3) is 22.6 Å². The fraction of sp³-hybridized carbons (Fsp3) is 0.200. The highest BCUT2D eigenvalue weighted by Crippen LogP contribution is 2.40. The largest absolute Gasteiger partial charge is 0.491 e. The lowest BCUT2D eigenvalue weighted by Gasteiger charge is -2.09. The molecule has 0 fully saturated rings. The van der Waals surface area contributed by atoms with Crippen LogP contribution in [0.1, 0.15) is 17.2 Å². The molecule has 11 heteroatoms. The molecule has 4 aromatic rings. The zero-order valence-electron chi connectivity index (χ0n) is 15.8. The van der Waals surface area contributed by atoms with E-state index in [9.17, 15) is 13.2 Å². The maximum atomic E-state index is 13.2. The molecule has 0 spiro atoms. The minimum absolute atomic E-state index is 0.111. The van der Waals surface area contributed by atoms with E-state index in [0.717, 1.165) is 5.56 Å². The van der Waals surface area contributed by atoms with E-state index in [4.69, 9.17) is 16.3 Å². The average Bonchev–Trinajstić information content (AvgIpc) is 3.48. The quantitative estimate of drug-likeness (QED) is 0.496. The number of halogens is 4. The van der Waals surface area contributed by atoms with Crippen molar-refractivity contribution in [3.8, 4) is 28.4 Å². The summed E-state index contributed by atoms with van der Waals surface area (Å²) in [6.07, 6.45) is 0.277. The number of rotatable bonds is 4. The lowest BCUT2D eigenvalue weighted by Crippen LogP contribution is -2.09. The third kappa shape index (κ3) is 3.63. The number of nitrogens with zero attached hydrogens (tertiary/aromatic N) is 5. The number of aromatic nitrogens is 6. The molecule has 1 aliphatic heterocycles. The third-order valence-electron chi connectivity index (χ3n) is 5.06. The van der Waals surface area contributed by atoms with E-state index in [1.165, 1.54) is 18.3 Å². The van der Waals surface area contributed by atoms with Gasteiger partial charge >= 0.3 is 6.18 Å². The molecule has 0 unspecified atom stereocenters. The topological polar surface area (TPSA) is 81.5 Å². The number of ether oxygens (including phenoxy) is 1. The van der Waals surface area contributed by atoms with Gasteiger partial charge in [-0.3, -0.25) is 10.1 Å². The molecule has 0 bridgehead atoms. The lowest BCUT2D eigenvalue weighted by atomic mass is 10.0. The second-order valence-corrected chi connectivity index (χ2v) is 7.49. The van der Waals surface area contributed by atoms with Crippen LogP contribution in [0, 0.1) is 0 Å². The summed E-state index contributed by atoms with van der Waals surface area (Å²) in [7, 11) is 0. The van der Waals surface area contributed by atoms with Crippen molar-refractivity contribution < 1.29 is 17.9 Å². The van der Waals surface area contributed by atoms with Gasteiger partial charge in [0.05, 0.1) is 23.7 Å². The number of aromatic amines is 1. The van der Waals surface area contributed by atoms with Crippen molar-refractivity contribution in [1.29, 1.82) is 0 Å². The van der Waals surface area contributed by atoms with Gasteiger partial charge in [0.25, 0.3) is 0 Å². The normalized spacial score (nSPS) is 15.7. The molecule has 0 aliphatic carbocycles. The van der Waals surface area contributed by atoms with Crippen molar-refractivity contribution >= 4 is 11.6 Å². The van der Waals surface area contributed by atoms with E-state index in [1.807, 2.05) is 21.8 Å². The van der Waals surface area contributed by atoms with E-state index >= 15 is 0 Å². The number of para-hydroxylation sites is 1. The van der Waals surface area contributed by atoms with Gasteiger partial charge in [-0.2, -0.15) is 13.2 Å². The highest BCUT2D eigenvalue weighted by atomic mass is 35.5. The fourth-order valence-electron chi connectivity index (χ4n) is 3.62. The van der Waals surface area contributed by atoms with Gasteiger partial charge in [-0.15, -0.1) is 5.10 Å². The molecule has 1 N–H and O–H groups in total. The highest BCUT2D eigenvalue weighted by molar-refractivity contribution is 6.32. The molecule has 3 aromatic heterocycles. The minimum Gasteiger partial charge on any atom is -0.491 e. The van der Waals surface area contributed by atoms with Gasteiger partial charge in [-0.25, -0.2) is 4.98 Å². The Hall–Kier alpha value is -3.40. The number of benzene rings is 1. The molecule has 0 radical (unpaired) electrons. The Labute approximate surface area is 178 Å². The van der Waals surface area contributed by atoms with Crippen LogP contribution >= 0.6 is 11.6 Å². The monoisotopic (exact) mass is 446 g/mol. The number of alkyl halides is 3. The fourth-order valence-corrected chi connectivity index (χ4v) is 3.85. The molecule has 4 heterocycles. The zero-order chi connectivity index (χ0) is 21.6. The predicted molar refractivity (Wildman–Crippen MR) is 106 cm³/mol. The van der Waals surface area contributed by atoms with Gasteiger partial charge < -0.3 is 9.30 Å². The molecule has 1 aromatic carbocycles. The molecule has 1 atom stereocenters. The molecular formula is C20H14ClF3N6O. The standard InChI is InChI=1S/C20H14ClF3N6O/c21-14-3-1-2-13-12(9-31-18(13)14)7-30-8-16(26-10-30)15-6-11(4-5-25-15)17-19(20(22,23)24)28-29-27-17/h1-6,8,10,12H,7,9H2,(H,27,28,29)/t12-/m1/s1. The molecule has 1 aliphatic rings. The van der Waals surface area contributed by atoms with Crippen molar-refractivity contribution in [3.05, 3.63) is 65.3 Å². The van der Waals surface area contributed by atoms with Gasteiger partial charge in [0.2, 0.25) is 0 Å². The summed E-state index contributed by atoms with van der Waals surface area (Å²) in [6, 6.07) is 8.61. The number of nitrogens with one attached hydrogen (secondary N) is 1. The summed E-state index contributed by atoms with van der Waals surface area (Å²) in [4.78, 5) is 8.61. The van der Waals surface area contributed by atoms with Crippen LogP contribution in [-0.2, 0) is 12.7 Å². The van der Waals surface area contributed by atoms with Crippen LogP contribution in [0.3, 0.4) is 0 Å². The highest BCUT2D eigenvalue weighted by Gasteiger charge is 2.37. The summed E-state index contributed by atoms with van der Waals surface area (Å²) in [5.41, 5.74) is 0.950. The van der Waals surface area contributed by atoms with Crippen LogP contribution in [0.5, 0.6) is 5.75 Å². The number of imidazole rings is 1. The predicted octanol–water partition coefficient (Wildman–Crippen LogP) is 4.58. The van der Waals surface area contributed by atoms with Gasteiger partial charge in [-0.05, 0) is 18.2 Å². The number of hydrogen-bond acceptors (Lipinski definition) is 5. The smallest absolute Gasteiger partial charge is 0.435 e. The van der Waals surface area contributed by atoms with Crippen molar-refractivity contribution in [2.75, 3.05) is 6.61 Å². The van der Waals surface area contributed by atoms with Crippen LogP contribution in [0.2, 0.25) is 5.02 Å². The number of hydrogen-bond donors (Lipinski definition) is 1. The molecule has 0 amide bonds. The maximum absolute atomic E-state index is 13.2. The maximum Gasteiger partial charge on any atom is 0.435 e. The van der Waals surface area contributed by atoms with Gasteiger partial charge in [-0.1, -0.05) is 28.9 Å². The number of H-pyrrole nitrogens is 1. The van der Waals surface area contributed by atoms with Gasteiger partial charge in [0, 0.05) is 36.0 Å². The Morgan fingerprint density at radius 2 is 2.06 bits per heavy atom. The summed E-state index contributed by atoms with van der Waals surface area (Å²) in [5.74, 6) is 0.816. The first-order valence-corrected chi connectivity index (χ1v) is 9.66. The molecule has 0 saturated carbocycles. The van der Waals surface area contributed by atoms with Crippen molar-refractivity contribution in [1.82, 2.24) is 29.9 Å². The Balaban J connectivity index is 1.40. The van der Waals surface area contributed by atoms with E-state index in [1.54, 1.807) is 18.6 Å². The lowest BCUT2D eigenvalue weighted by molar-refractivity contribution is -0.140. The summed E-state index contributed by atoms with van der Waals surface area (Å²) >= 11 is 6.18. The summed E-state index contributed by atoms with van der Waals surface area (Å²) in [6.45, 7) is 1.12. The summed E-state index contributed by atoms with van der Waals surface area (Å²) in [5, 5.41) is 9.38. The van der Waals surface area contributed by atoms with Crippen molar-refractivity contribution in [2.45, 2.75) is 18.6 Å². The third-order valence-corrected chi connectivity index (χ3v) is 5.36. The molecule has 158 valence electrons. The first kappa shape index (κ1) is 19.6. The Bertz CT molecular complexity index is 1250. The first-order chi connectivity index (χ1) is 14.9. The van der Waals surface area contributed by atoms with Gasteiger partial charge in [0.1, 0.15) is 17.1 Å². The van der Waals surface area contributed by atoms with Crippen LogP contribution < -0.4 is 4.74 Å². The molecule has 0 saturated heterocycles. The van der Waals surface area contributed by atoms with E-state index in [0.29, 0.717) is 35.3 Å². The van der Waals surface area contributed by atoms with E-state index < -0.39 is 11.9 Å². The minimum atomic E-state index is -4.59. The Kier molecular flexibility index (Phi) is 4.66. The Morgan fingerprint density at radius 3 is 2.90 bits per heavy atom. The second-order valence-electron chi connectivity index (χ2n) is 7.08. The first-order valence-electron chi connectivity index (χ1n) is 9.28. The SMILES string of the molecule is FC(F)(F)c1[nH]nnc1-c1ccnc(-c2cn(C[C@@H]3COc4c(Cl)cccc43)cn2)c1. The zero-order valence-corrected chi connectivity index (χ0v) is 16.5. The second kappa shape index (κ2) is 7.38. The van der Waals surface area contributed by atoms with Crippen LogP contribution in [0.4, 0.5) is 13.2 Å². The van der Waals surface area contributed by atoms with Crippen molar-refractivity contribution in [3.63, 3.8) is 0 Å². The average molecular weight is 447 g/mol. The van der Waals surface area contributed by atoms with Crippen LogP contribution in [0.15, 0.2) is 49.1 Å².